The molecule has 1 rings (SSSR count). The van der Waals surface area contributed by atoms with Crippen molar-refractivity contribution in [3.63, 3.8) is 0 Å². The third-order valence-electron chi connectivity index (χ3n) is 3.37. The van der Waals surface area contributed by atoms with Gasteiger partial charge >= 0.3 is 0 Å². The van der Waals surface area contributed by atoms with Crippen molar-refractivity contribution in [1.82, 2.24) is 10.3 Å². The Morgan fingerprint density at radius 1 is 1.56 bits per heavy atom. The smallest absolute Gasteiger partial charge is 0.256 e. The normalized spacial score (nSPS) is 23.4. The number of hydrogen-bond acceptors (Lipinski definition) is 3. The van der Waals surface area contributed by atoms with Crippen molar-refractivity contribution in [1.29, 1.82) is 0 Å². The highest BCUT2D eigenvalue weighted by molar-refractivity contribution is 5.88. The van der Waals surface area contributed by atoms with Crippen LogP contribution in [0.2, 0.25) is 0 Å². The van der Waals surface area contributed by atoms with Crippen molar-refractivity contribution in [3.05, 3.63) is 0 Å². The molecule has 5 heteroatoms. The molecule has 0 aromatic heterocycles. The van der Waals surface area contributed by atoms with Crippen LogP contribution in [0.15, 0.2) is 0 Å². The molecule has 0 radical (unpaired) electrons. The van der Waals surface area contributed by atoms with Crippen LogP contribution < -0.4 is 11.3 Å². The third kappa shape index (κ3) is 2.52. The molecule has 3 N–H and O–H groups in total. The summed E-state index contributed by atoms with van der Waals surface area (Å²) < 4.78 is 0. The Hall–Kier alpha value is -1.10. The van der Waals surface area contributed by atoms with E-state index < -0.39 is 6.04 Å². The average Bonchev–Trinajstić information content (AvgIpc) is 2.57. The number of carbonyl (C=O) groups is 2. The van der Waals surface area contributed by atoms with Crippen molar-refractivity contribution in [2.24, 2.45) is 17.2 Å². The molecule has 2 unspecified atom stereocenters. The van der Waals surface area contributed by atoms with Gasteiger partial charge in [0.25, 0.3) is 5.91 Å². The highest BCUT2D eigenvalue weighted by atomic mass is 16.2. The predicted molar refractivity (Wildman–Crippen MR) is 61.1 cm³/mol. The molecule has 92 valence electrons. The maximum Gasteiger partial charge on any atom is 0.256 e. The van der Waals surface area contributed by atoms with E-state index in [9.17, 15) is 9.59 Å². The summed E-state index contributed by atoms with van der Waals surface area (Å²) in [6.07, 6.45) is 0.520. The van der Waals surface area contributed by atoms with Crippen LogP contribution in [0.5, 0.6) is 0 Å². The summed E-state index contributed by atoms with van der Waals surface area (Å²) in [5, 5.41) is 0. The SMILES string of the molecule is CC(C(=O)NN)N1CC(C(C)(C)C)CC1=O. The average molecular weight is 227 g/mol. The lowest BCUT2D eigenvalue weighted by molar-refractivity contribution is -0.136. The molecule has 0 bridgehead atoms. The van der Waals surface area contributed by atoms with Gasteiger partial charge in [-0.25, -0.2) is 5.84 Å². The minimum Gasteiger partial charge on any atom is -0.331 e. The van der Waals surface area contributed by atoms with Crippen molar-refractivity contribution in [3.8, 4) is 0 Å². The van der Waals surface area contributed by atoms with Gasteiger partial charge in [-0.15, -0.1) is 0 Å². The summed E-state index contributed by atoms with van der Waals surface area (Å²) in [4.78, 5) is 24.8. The first kappa shape index (κ1) is 13.0. The number of amides is 2. The number of rotatable bonds is 2. The van der Waals surface area contributed by atoms with E-state index in [4.69, 9.17) is 5.84 Å². The number of nitrogens with zero attached hydrogens (tertiary/aromatic N) is 1. The molecular weight excluding hydrogens is 206 g/mol. The zero-order valence-electron chi connectivity index (χ0n) is 10.4. The summed E-state index contributed by atoms with van der Waals surface area (Å²) in [7, 11) is 0. The second-order valence-electron chi connectivity index (χ2n) is 5.50. The Morgan fingerprint density at radius 3 is 2.50 bits per heavy atom. The van der Waals surface area contributed by atoms with Crippen LogP contribution in [-0.4, -0.2) is 29.3 Å². The number of nitrogens with two attached hydrogens (primary N) is 1. The Kier molecular flexibility index (Phi) is 3.57. The fourth-order valence-electron chi connectivity index (χ4n) is 1.95. The zero-order chi connectivity index (χ0) is 12.5. The van der Waals surface area contributed by atoms with Crippen LogP contribution in [0.1, 0.15) is 34.1 Å². The number of carbonyl (C=O) groups excluding carboxylic acids is 2. The molecule has 1 aliphatic heterocycles. The van der Waals surface area contributed by atoms with E-state index in [1.54, 1.807) is 11.8 Å². The molecule has 1 heterocycles. The first-order valence-electron chi connectivity index (χ1n) is 5.57. The molecule has 0 aliphatic carbocycles. The maximum absolute atomic E-state index is 11.8. The Balaban J connectivity index is 2.72. The Morgan fingerprint density at radius 2 is 2.12 bits per heavy atom. The van der Waals surface area contributed by atoms with Gasteiger partial charge in [0, 0.05) is 13.0 Å². The fourth-order valence-corrected chi connectivity index (χ4v) is 1.95. The lowest BCUT2D eigenvalue weighted by Gasteiger charge is -2.28. The van der Waals surface area contributed by atoms with Crippen LogP contribution >= 0.6 is 0 Å². The van der Waals surface area contributed by atoms with Gasteiger partial charge in [0.1, 0.15) is 6.04 Å². The summed E-state index contributed by atoms with van der Waals surface area (Å²) in [6.45, 7) is 8.68. The van der Waals surface area contributed by atoms with Crippen LogP contribution in [-0.2, 0) is 9.59 Å². The van der Waals surface area contributed by atoms with Crippen molar-refractivity contribution in [2.75, 3.05) is 6.54 Å². The van der Waals surface area contributed by atoms with Gasteiger partial charge in [-0.2, -0.15) is 0 Å². The summed E-state index contributed by atoms with van der Waals surface area (Å²) in [5.41, 5.74) is 2.17. The topological polar surface area (TPSA) is 75.4 Å². The van der Waals surface area contributed by atoms with E-state index >= 15 is 0 Å². The van der Waals surface area contributed by atoms with Gasteiger partial charge in [0.05, 0.1) is 0 Å². The second-order valence-corrected chi connectivity index (χ2v) is 5.50. The Labute approximate surface area is 96.3 Å². The quantitative estimate of drug-likeness (QED) is 0.403. The summed E-state index contributed by atoms with van der Waals surface area (Å²) in [6, 6.07) is -0.482. The molecule has 16 heavy (non-hydrogen) atoms. The van der Waals surface area contributed by atoms with Crippen LogP contribution in [0.4, 0.5) is 0 Å². The van der Waals surface area contributed by atoms with E-state index in [1.807, 2.05) is 0 Å². The van der Waals surface area contributed by atoms with E-state index in [0.29, 0.717) is 18.9 Å². The van der Waals surface area contributed by atoms with E-state index in [0.717, 1.165) is 0 Å². The molecule has 2 amide bonds. The van der Waals surface area contributed by atoms with Gasteiger partial charge in [-0.05, 0) is 18.3 Å². The van der Waals surface area contributed by atoms with Crippen LogP contribution in [0.3, 0.4) is 0 Å². The predicted octanol–water partition coefficient (Wildman–Crippen LogP) is 0.259. The molecule has 5 nitrogen and oxygen atoms in total. The first-order valence-corrected chi connectivity index (χ1v) is 5.57. The van der Waals surface area contributed by atoms with E-state index in [1.165, 1.54) is 0 Å². The van der Waals surface area contributed by atoms with Gasteiger partial charge < -0.3 is 4.90 Å². The van der Waals surface area contributed by atoms with Gasteiger partial charge in [-0.1, -0.05) is 20.8 Å². The molecule has 0 aromatic rings. The Bertz CT molecular complexity index is 296. The number of likely N-dealkylation sites (tertiary alicyclic amines) is 1. The lowest BCUT2D eigenvalue weighted by atomic mass is 9.80. The zero-order valence-corrected chi connectivity index (χ0v) is 10.4. The molecule has 2 atom stereocenters. The first-order chi connectivity index (χ1) is 7.27. The molecule has 1 saturated heterocycles. The largest absolute Gasteiger partial charge is 0.331 e. The highest BCUT2D eigenvalue weighted by Gasteiger charge is 2.40. The van der Waals surface area contributed by atoms with Crippen molar-refractivity contribution in [2.45, 2.75) is 40.2 Å². The van der Waals surface area contributed by atoms with Crippen molar-refractivity contribution < 1.29 is 9.59 Å². The monoisotopic (exact) mass is 227 g/mol. The summed E-state index contributed by atoms with van der Waals surface area (Å²) >= 11 is 0. The molecule has 0 spiro atoms. The number of hydrazine groups is 1. The fraction of sp³-hybridized carbons (Fsp3) is 0.818. The molecular formula is C11H21N3O2. The highest BCUT2D eigenvalue weighted by Crippen LogP contribution is 2.34. The lowest BCUT2D eigenvalue weighted by Crippen LogP contribution is -2.48. The maximum atomic E-state index is 11.8. The standard InChI is InChI=1S/C11H21N3O2/c1-7(10(16)13-12)14-6-8(5-9(14)15)11(2,3)4/h7-8H,5-6,12H2,1-4H3,(H,13,16). The minimum atomic E-state index is -0.482. The van der Waals surface area contributed by atoms with Gasteiger partial charge in [0.15, 0.2) is 0 Å². The van der Waals surface area contributed by atoms with Crippen LogP contribution in [0.25, 0.3) is 0 Å². The van der Waals surface area contributed by atoms with Crippen molar-refractivity contribution >= 4 is 11.8 Å². The molecule has 0 saturated carbocycles. The second kappa shape index (κ2) is 4.41. The third-order valence-corrected chi connectivity index (χ3v) is 3.37. The molecule has 1 fully saturated rings. The molecule has 0 aromatic carbocycles. The minimum absolute atomic E-state index is 0.0380. The van der Waals surface area contributed by atoms with Crippen LogP contribution in [0, 0.1) is 11.3 Å². The van der Waals surface area contributed by atoms with Gasteiger partial charge in [-0.3, -0.25) is 15.0 Å². The van der Waals surface area contributed by atoms with Gasteiger partial charge in [0.2, 0.25) is 5.91 Å². The number of nitrogens with one attached hydrogen (secondary N) is 1. The number of hydrogen-bond donors (Lipinski definition) is 2. The van der Waals surface area contributed by atoms with E-state index in [2.05, 4.69) is 26.2 Å². The summed E-state index contributed by atoms with van der Waals surface area (Å²) in [5.74, 6) is 5.09. The van der Waals surface area contributed by atoms with E-state index in [-0.39, 0.29) is 17.2 Å². The molecule has 1 aliphatic rings.